The highest BCUT2D eigenvalue weighted by atomic mass is 16.5. The predicted octanol–water partition coefficient (Wildman–Crippen LogP) is 3.94. The van der Waals surface area contributed by atoms with E-state index in [1.807, 2.05) is 36.4 Å². The molecule has 0 amide bonds. The fourth-order valence-electron chi connectivity index (χ4n) is 3.10. The van der Waals surface area contributed by atoms with Crippen molar-refractivity contribution < 1.29 is 18.7 Å². The molecule has 3 aromatic rings. The van der Waals surface area contributed by atoms with Gasteiger partial charge in [-0.1, -0.05) is 12.2 Å². The SMILES string of the molecule is COc1ccc(C(=O)CNC2=CC=C(c3nc4ncccc4o3)CC=C2)cc1OC. The molecule has 0 bridgehead atoms. The smallest absolute Gasteiger partial charge is 0.225 e. The number of carbonyl (C=O) groups excluding carboxylic acids is 1. The van der Waals surface area contributed by atoms with Gasteiger partial charge in [-0.2, -0.15) is 4.98 Å². The van der Waals surface area contributed by atoms with E-state index in [0.29, 0.717) is 40.6 Å². The second kappa shape index (κ2) is 8.65. The third kappa shape index (κ3) is 4.10. The Hall–Kier alpha value is -3.87. The number of ketones is 1. The van der Waals surface area contributed by atoms with Gasteiger partial charge in [0.1, 0.15) is 0 Å². The average Bonchev–Trinajstić information content (AvgIpc) is 3.08. The highest BCUT2D eigenvalue weighted by Gasteiger charge is 2.13. The van der Waals surface area contributed by atoms with Crippen LogP contribution in [0.1, 0.15) is 22.7 Å². The molecular weight excluding hydrogens is 382 g/mol. The Kier molecular flexibility index (Phi) is 5.61. The molecule has 1 aliphatic rings. The molecule has 0 unspecified atom stereocenters. The Balaban J connectivity index is 1.45. The number of pyridine rings is 1. The number of methoxy groups -OCH3 is 2. The summed E-state index contributed by atoms with van der Waals surface area (Å²) in [5.41, 5.74) is 3.56. The molecule has 152 valence electrons. The average molecular weight is 403 g/mol. The Morgan fingerprint density at radius 1 is 1.17 bits per heavy atom. The molecule has 30 heavy (non-hydrogen) atoms. The van der Waals surface area contributed by atoms with Gasteiger partial charge in [0.25, 0.3) is 0 Å². The van der Waals surface area contributed by atoms with Crippen molar-refractivity contribution >= 4 is 22.6 Å². The molecule has 0 saturated carbocycles. The zero-order valence-corrected chi connectivity index (χ0v) is 16.7. The number of ether oxygens (including phenoxy) is 2. The molecule has 4 rings (SSSR count). The highest BCUT2D eigenvalue weighted by Crippen LogP contribution is 2.28. The quantitative estimate of drug-likeness (QED) is 0.598. The maximum absolute atomic E-state index is 12.6. The number of hydrogen-bond donors (Lipinski definition) is 1. The van der Waals surface area contributed by atoms with Gasteiger partial charge in [-0.05, 0) is 48.9 Å². The van der Waals surface area contributed by atoms with Gasteiger partial charge in [0.15, 0.2) is 28.5 Å². The number of rotatable bonds is 7. The summed E-state index contributed by atoms with van der Waals surface area (Å²) < 4.78 is 16.3. The van der Waals surface area contributed by atoms with Crippen LogP contribution in [0.25, 0.3) is 16.8 Å². The normalized spacial score (nSPS) is 13.4. The standard InChI is InChI=1S/C23H21N3O4/c1-28-19-11-9-16(13-21(19)29-2)18(27)14-25-17-6-3-5-15(8-10-17)23-26-22-20(30-23)7-4-12-24-22/h3-4,6-13,25H,5,14H2,1-2H3. The van der Waals surface area contributed by atoms with Crippen LogP contribution in [0.3, 0.4) is 0 Å². The van der Waals surface area contributed by atoms with E-state index in [9.17, 15) is 4.79 Å². The first kappa shape index (κ1) is 19.4. The molecule has 2 heterocycles. The van der Waals surface area contributed by atoms with Crippen LogP contribution in [0.5, 0.6) is 11.5 Å². The van der Waals surface area contributed by atoms with Crippen LogP contribution in [-0.4, -0.2) is 36.5 Å². The third-order valence-electron chi connectivity index (χ3n) is 4.70. The topological polar surface area (TPSA) is 86.5 Å². The van der Waals surface area contributed by atoms with Crippen LogP contribution in [0.15, 0.2) is 70.9 Å². The maximum atomic E-state index is 12.6. The van der Waals surface area contributed by atoms with Gasteiger partial charge >= 0.3 is 0 Å². The van der Waals surface area contributed by atoms with Crippen molar-refractivity contribution in [1.29, 1.82) is 0 Å². The Morgan fingerprint density at radius 3 is 2.83 bits per heavy atom. The lowest BCUT2D eigenvalue weighted by Gasteiger charge is -2.10. The minimum Gasteiger partial charge on any atom is -0.493 e. The molecule has 0 radical (unpaired) electrons. The molecule has 7 heteroatoms. The predicted molar refractivity (Wildman–Crippen MR) is 114 cm³/mol. The number of aromatic nitrogens is 2. The fraction of sp³-hybridized carbons (Fsp3) is 0.174. The van der Waals surface area contributed by atoms with E-state index in [1.165, 1.54) is 0 Å². The summed E-state index contributed by atoms with van der Waals surface area (Å²) in [6.07, 6.45) is 10.1. The van der Waals surface area contributed by atoms with Crippen molar-refractivity contribution in [3.05, 3.63) is 78.0 Å². The first-order valence-corrected chi connectivity index (χ1v) is 9.46. The summed E-state index contributed by atoms with van der Waals surface area (Å²) in [7, 11) is 3.10. The second-order valence-electron chi connectivity index (χ2n) is 6.61. The molecule has 0 aliphatic heterocycles. The summed E-state index contributed by atoms with van der Waals surface area (Å²) in [5, 5.41) is 3.17. The summed E-state index contributed by atoms with van der Waals surface area (Å²) >= 11 is 0. The molecule has 0 spiro atoms. The van der Waals surface area contributed by atoms with Gasteiger partial charge < -0.3 is 19.2 Å². The van der Waals surface area contributed by atoms with Crippen LogP contribution in [0, 0.1) is 0 Å². The molecule has 1 aromatic carbocycles. The first-order chi connectivity index (χ1) is 14.7. The van der Waals surface area contributed by atoms with E-state index in [4.69, 9.17) is 13.9 Å². The van der Waals surface area contributed by atoms with Crippen LogP contribution in [-0.2, 0) is 0 Å². The largest absolute Gasteiger partial charge is 0.493 e. The van der Waals surface area contributed by atoms with Crippen molar-refractivity contribution in [2.45, 2.75) is 6.42 Å². The van der Waals surface area contributed by atoms with Crippen molar-refractivity contribution in [2.75, 3.05) is 20.8 Å². The van der Waals surface area contributed by atoms with Gasteiger partial charge in [0.05, 0.1) is 20.8 Å². The molecule has 0 atom stereocenters. The Morgan fingerprint density at radius 2 is 2.03 bits per heavy atom. The third-order valence-corrected chi connectivity index (χ3v) is 4.70. The molecule has 2 aromatic heterocycles. The van der Waals surface area contributed by atoms with Gasteiger partial charge in [0, 0.05) is 23.0 Å². The zero-order chi connectivity index (χ0) is 20.9. The zero-order valence-electron chi connectivity index (χ0n) is 16.7. The highest BCUT2D eigenvalue weighted by molar-refractivity contribution is 5.98. The van der Waals surface area contributed by atoms with Crippen LogP contribution in [0.2, 0.25) is 0 Å². The minimum atomic E-state index is -0.0521. The molecular formula is C23H21N3O4. The Bertz CT molecular complexity index is 1140. The minimum absolute atomic E-state index is 0.0521. The monoisotopic (exact) mass is 403 g/mol. The van der Waals surface area contributed by atoms with E-state index in [-0.39, 0.29) is 12.3 Å². The van der Waals surface area contributed by atoms with E-state index >= 15 is 0 Å². The summed E-state index contributed by atoms with van der Waals surface area (Å²) in [6, 6.07) is 8.78. The first-order valence-electron chi connectivity index (χ1n) is 9.46. The van der Waals surface area contributed by atoms with Gasteiger partial charge in [0.2, 0.25) is 5.89 Å². The number of oxazole rings is 1. The lowest BCUT2D eigenvalue weighted by molar-refractivity contribution is 0.0994. The molecule has 0 fully saturated rings. The number of nitrogens with one attached hydrogen (secondary N) is 1. The number of hydrogen-bond acceptors (Lipinski definition) is 7. The Labute approximate surface area is 173 Å². The molecule has 1 N–H and O–H groups in total. The fourth-order valence-corrected chi connectivity index (χ4v) is 3.10. The van der Waals surface area contributed by atoms with E-state index in [1.54, 1.807) is 38.6 Å². The molecule has 0 saturated heterocycles. The lowest BCUT2D eigenvalue weighted by Crippen LogP contribution is -2.21. The van der Waals surface area contributed by atoms with Crippen LogP contribution >= 0.6 is 0 Å². The molecule has 1 aliphatic carbocycles. The van der Waals surface area contributed by atoms with E-state index < -0.39 is 0 Å². The maximum Gasteiger partial charge on any atom is 0.225 e. The summed E-state index contributed by atoms with van der Waals surface area (Å²) in [4.78, 5) is 21.2. The van der Waals surface area contributed by atoms with E-state index in [2.05, 4.69) is 15.3 Å². The van der Waals surface area contributed by atoms with Crippen molar-refractivity contribution in [3.63, 3.8) is 0 Å². The van der Waals surface area contributed by atoms with Gasteiger partial charge in [-0.3, -0.25) is 4.79 Å². The number of Topliss-reactive ketones (excluding diaryl/α,β-unsaturated/α-hetero) is 1. The molecule has 7 nitrogen and oxygen atoms in total. The van der Waals surface area contributed by atoms with Crippen LogP contribution in [0.4, 0.5) is 0 Å². The lowest BCUT2D eigenvalue weighted by atomic mass is 10.1. The number of carbonyl (C=O) groups is 1. The van der Waals surface area contributed by atoms with Crippen molar-refractivity contribution in [3.8, 4) is 11.5 Å². The van der Waals surface area contributed by atoms with Crippen molar-refractivity contribution in [1.82, 2.24) is 15.3 Å². The number of allylic oxidation sites excluding steroid dienone is 5. The summed E-state index contributed by atoms with van der Waals surface area (Å²) in [5.74, 6) is 1.61. The number of benzene rings is 1. The summed E-state index contributed by atoms with van der Waals surface area (Å²) in [6.45, 7) is 0.154. The van der Waals surface area contributed by atoms with Crippen LogP contribution < -0.4 is 14.8 Å². The number of fused-ring (bicyclic) bond motifs is 1. The van der Waals surface area contributed by atoms with Crippen molar-refractivity contribution in [2.24, 2.45) is 0 Å². The number of nitrogens with zero attached hydrogens (tertiary/aromatic N) is 2. The second-order valence-corrected chi connectivity index (χ2v) is 6.61. The van der Waals surface area contributed by atoms with Gasteiger partial charge in [-0.25, -0.2) is 4.98 Å². The van der Waals surface area contributed by atoms with Gasteiger partial charge in [-0.15, -0.1) is 0 Å². The van der Waals surface area contributed by atoms with E-state index in [0.717, 1.165) is 11.3 Å².